The van der Waals surface area contributed by atoms with Crippen LogP contribution in [-0.2, 0) is 0 Å². The number of aromatic nitrogens is 1. The van der Waals surface area contributed by atoms with Crippen molar-refractivity contribution < 1.29 is 13.5 Å². The highest BCUT2D eigenvalue weighted by Gasteiger charge is 2.29. The fraction of sp³-hybridized carbons (Fsp3) is 0.720. The van der Waals surface area contributed by atoms with E-state index in [-0.39, 0.29) is 18.8 Å². The molecule has 1 aliphatic rings. The molecule has 0 aliphatic heterocycles. The normalized spacial score (nSPS) is 13.2. The molecule has 1 unspecified atom stereocenters. The molecule has 2 rings (SSSR count). The summed E-state index contributed by atoms with van der Waals surface area (Å²) in [7, 11) is 1.61. The van der Waals surface area contributed by atoms with Gasteiger partial charge in [-0.25, -0.2) is 13.8 Å². The minimum absolute atomic E-state index is 0.0590. The van der Waals surface area contributed by atoms with Gasteiger partial charge in [0.2, 0.25) is 11.8 Å². The molecule has 0 N–H and O–H groups in total. The topological polar surface area (TPSA) is 22.1 Å². The highest BCUT2D eigenvalue weighted by Crippen LogP contribution is 2.30. The number of halogens is 2. The van der Waals surface area contributed by atoms with Gasteiger partial charge in [-0.05, 0) is 51.0 Å². The molecule has 0 radical (unpaired) electrons. The molecule has 0 bridgehead atoms. The smallest absolute Gasteiger partial charge is 0.248 e. The molecule has 0 saturated heterocycles. The van der Waals surface area contributed by atoms with E-state index in [0.29, 0.717) is 12.3 Å². The molecule has 29 heavy (non-hydrogen) atoms. The first kappa shape index (κ1) is 29.7. The van der Waals surface area contributed by atoms with Gasteiger partial charge >= 0.3 is 0 Å². The van der Waals surface area contributed by atoms with Crippen LogP contribution >= 0.6 is 0 Å². The Morgan fingerprint density at radius 2 is 1.83 bits per heavy atom. The van der Waals surface area contributed by atoms with Crippen molar-refractivity contribution in [3.63, 3.8) is 0 Å². The minimum atomic E-state index is -2.43. The number of alkyl halides is 2. The van der Waals surface area contributed by atoms with Crippen molar-refractivity contribution in [3.8, 4) is 5.88 Å². The van der Waals surface area contributed by atoms with Gasteiger partial charge in [0.15, 0.2) is 0 Å². The SMILES string of the molecule is CC.CC=C1CCC1.CCCCC(F)(F)CC(C)CC.COc1ccc(C)cn1. The molecule has 0 spiro atoms. The number of aryl methyl sites for hydroxylation is 1. The summed E-state index contributed by atoms with van der Waals surface area (Å²) in [6, 6.07) is 3.81. The quantitative estimate of drug-likeness (QED) is 0.417. The van der Waals surface area contributed by atoms with Crippen LogP contribution in [0.15, 0.2) is 30.0 Å². The Balaban J connectivity index is 0. The second kappa shape index (κ2) is 18.6. The second-order valence-corrected chi connectivity index (χ2v) is 7.36. The third kappa shape index (κ3) is 17.1. The summed E-state index contributed by atoms with van der Waals surface area (Å²) in [6.07, 6.45) is 10.6. The molecule has 0 amide bonds. The van der Waals surface area contributed by atoms with Crippen molar-refractivity contribution >= 4 is 0 Å². The summed E-state index contributed by atoms with van der Waals surface area (Å²) >= 11 is 0. The van der Waals surface area contributed by atoms with Gasteiger partial charge in [0.05, 0.1) is 7.11 Å². The second-order valence-electron chi connectivity index (χ2n) is 7.36. The third-order valence-electron chi connectivity index (χ3n) is 4.74. The van der Waals surface area contributed by atoms with Crippen LogP contribution in [0.4, 0.5) is 8.78 Å². The number of hydrogen-bond donors (Lipinski definition) is 0. The van der Waals surface area contributed by atoms with Gasteiger partial charge in [-0.3, -0.25) is 0 Å². The van der Waals surface area contributed by atoms with Crippen LogP contribution in [-0.4, -0.2) is 18.0 Å². The average Bonchev–Trinajstić information content (AvgIpc) is 2.68. The van der Waals surface area contributed by atoms with Crippen LogP contribution in [0.5, 0.6) is 5.88 Å². The lowest BCUT2D eigenvalue weighted by Gasteiger charge is -2.19. The lowest BCUT2D eigenvalue weighted by molar-refractivity contribution is -0.0310. The zero-order chi connectivity index (χ0) is 22.7. The summed E-state index contributed by atoms with van der Waals surface area (Å²) in [5.41, 5.74) is 2.80. The molecule has 4 heteroatoms. The molecule has 170 valence electrons. The van der Waals surface area contributed by atoms with Crippen LogP contribution < -0.4 is 4.74 Å². The van der Waals surface area contributed by atoms with Crippen molar-refractivity contribution in [2.45, 2.75) is 106 Å². The van der Waals surface area contributed by atoms with E-state index in [1.165, 1.54) is 19.3 Å². The van der Waals surface area contributed by atoms with Crippen LogP contribution in [0.3, 0.4) is 0 Å². The first-order chi connectivity index (χ1) is 13.8. The first-order valence-electron chi connectivity index (χ1n) is 11.3. The molecule has 0 aromatic carbocycles. The van der Waals surface area contributed by atoms with Crippen LogP contribution in [0, 0.1) is 12.8 Å². The maximum Gasteiger partial charge on any atom is 0.248 e. The number of methoxy groups -OCH3 is 1. The Morgan fingerprint density at radius 1 is 1.21 bits per heavy atom. The largest absolute Gasteiger partial charge is 0.481 e. The number of rotatable bonds is 7. The Hall–Kier alpha value is -1.45. The van der Waals surface area contributed by atoms with Gasteiger partial charge in [-0.15, -0.1) is 0 Å². The Bertz CT molecular complexity index is 506. The monoisotopic (exact) mass is 413 g/mol. The molecule has 1 aromatic heterocycles. The maximum atomic E-state index is 13.0. The lowest BCUT2D eigenvalue weighted by Crippen LogP contribution is -2.19. The van der Waals surface area contributed by atoms with Crippen molar-refractivity contribution in [2.75, 3.05) is 7.11 Å². The summed E-state index contributed by atoms with van der Waals surface area (Å²) in [5.74, 6) is -1.61. The Morgan fingerprint density at radius 3 is 2.14 bits per heavy atom. The van der Waals surface area contributed by atoms with E-state index >= 15 is 0 Å². The van der Waals surface area contributed by atoms with Crippen molar-refractivity contribution in [3.05, 3.63) is 35.5 Å². The molecule has 1 aromatic rings. The van der Waals surface area contributed by atoms with Gasteiger partial charge in [-0.2, -0.15) is 0 Å². The van der Waals surface area contributed by atoms with E-state index in [2.05, 4.69) is 18.0 Å². The van der Waals surface area contributed by atoms with Gasteiger partial charge in [0.1, 0.15) is 0 Å². The molecule has 1 heterocycles. The van der Waals surface area contributed by atoms with E-state index in [1.807, 2.05) is 53.7 Å². The summed E-state index contributed by atoms with van der Waals surface area (Å²) in [4.78, 5) is 3.97. The zero-order valence-corrected chi connectivity index (χ0v) is 20.2. The summed E-state index contributed by atoms with van der Waals surface area (Å²) < 4.78 is 31.0. The van der Waals surface area contributed by atoms with E-state index in [4.69, 9.17) is 4.74 Å². The van der Waals surface area contributed by atoms with E-state index in [0.717, 1.165) is 18.4 Å². The minimum Gasteiger partial charge on any atom is -0.481 e. The average molecular weight is 414 g/mol. The van der Waals surface area contributed by atoms with E-state index < -0.39 is 5.92 Å². The molecule has 2 nitrogen and oxygen atoms in total. The number of allylic oxidation sites excluding steroid dienone is 2. The molecular formula is C25H45F2NO. The highest BCUT2D eigenvalue weighted by molar-refractivity contribution is 5.15. The van der Waals surface area contributed by atoms with Crippen molar-refractivity contribution in [1.29, 1.82) is 0 Å². The summed E-state index contributed by atoms with van der Waals surface area (Å²) in [5, 5.41) is 0. The fourth-order valence-electron chi connectivity index (χ4n) is 2.44. The van der Waals surface area contributed by atoms with E-state index in [1.54, 1.807) is 18.9 Å². The van der Waals surface area contributed by atoms with Crippen LogP contribution in [0.1, 0.15) is 98.5 Å². The predicted molar refractivity (Wildman–Crippen MR) is 123 cm³/mol. The lowest BCUT2D eigenvalue weighted by atomic mass is 9.93. The van der Waals surface area contributed by atoms with Crippen molar-refractivity contribution in [2.24, 2.45) is 5.92 Å². The first-order valence-corrected chi connectivity index (χ1v) is 11.3. The van der Waals surface area contributed by atoms with Crippen LogP contribution in [0.2, 0.25) is 0 Å². The standard InChI is InChI=1S/C10H20F2.C7H9NO.C6H10.C2H6/c1-4-6-7-10(11,12)8-9(3)5-2;1-6-3-4-7(9-2)8-5-6;1-2-6-4-3-5-6;1-2/h9H,4-8H2,1-3H3;3-5H,1-2H3;2H,3-5H2,1H3;1-2H3. The molecule has 1 saturated carbocycles. The fourth-order valence-corrected chi connectivity index (χ4v) is 2.44. The Kier molecular flexibility index (Phi) is 19.0. The zero-order valence-electron chi connectivity index (χ0n) is 20.2. The molecule has 1 fully saturated rings. The molecule has 1 aliphatic carbocycles. The Labute approximate surface area is 179 Å². The summed E-state index contributed by atoms with van der Waals surface area (Å²) in [6.45, 7) is 13.9. The third-order valence-corrected chi connectivity index (χ3v) is 4.74. The highest BCUT2D eigenvalue weighted by atomic mass is 19.3. The van der Waals surface area contributed by atoms with Gasteiger partial charge in [0.25, 0.3) is 0 Å². The maximum absolute atomic E-state index is 13.0. The van der Waals surface area contributed by atoms with Gasteiger partial charge in [-0.1, -0.05) is 65.2 Å². The molecule has 1 atom stereocenters. The van der Waals surface area contributed by atoms with Crippen LogP contribution in [0.25, 0.3) is 0 Å². The van der Waals surface area contributed by atoms with E-state index in [9.17, 15) is 8.78 Å². The predicted octanol–water partition coefficient (Wildman–Crippen LogP) is 8.79. The number of hydrogen-bond acceptors (Lipinski definition) is 2. The van der Waals surface area contributed by atoms with Crippen molar-refractivity contribution in [1.82, 2.24) is 4.98 Å². The number of nitrogens with zero attached hydrogens (tertiary/aromatic N) is 1. The molecular weight excluding hydrogens is 368 g/mol. The van der Waals surface area contributed by atoms with Gasteiger partial charge < -0.3 is 4.74 Å². The number of unbranched alkanes of at least 4 members (excludes halogenated alkanes) is 1. The van der Waals surface area contributed by atoms with Gasteiger partial charge in [0, 0.05) is 25.1 Å². The number of pyridine rings is 1. The number of ether oxygens (including phenoxy) is 1.